The summed E-state index contributed by atoms with van der Waals surface area (Å²) in [5.41, 5.74) is 0.475. The van der Waals surface area contributed by atoms with Crippen molar-refractivity contribution in [1.82, 2.24) is 0 Å². The van der Waals surface area contributed by atoms with Crippen LogP contribution in [-0.4, -0.2) is 13.3 Å². The number of halogens is 5. The van der Waals surface area contributed by atoms with Gasteiger partial charge in [-0.1, -0.05) is 33.6 Å². The molecule has 1 atom stereocenters. The third-order valence-electron chi connectivity index (χ3n) is 1.95. The summed E-state index contributed by atoms with van der Waals surface area (Å²) in [4.78, 5) is -0.795. The molecule has 1 rings (SSSR count). The number of alkyl halides is 4. The molecule has 90 valence electrons. The monoisotopic (exact) mass is 316 g/mol. The van der Waals surface area contributed by atoms with Gasteiger partial charge in [-0.3, -0.25) is 0 Å². The molecule has 0 bridgehead atoms. The van der Waals surface area contributed by atoms with Crippen LogP contribution in [0.15, 0.2) is 18.2 Å². The summed E-state index contributed by atoms with van der Waals surface area (Å²) in [7, 11) is 1.45. The van der Waals surface area contributed by atoms with Crippen molar-refractivity contribution in [3.63, 3.8) is 0 Å². The predicted molar refractivity (Wildman–Crippen MR) is 60.3 cm³/mol. The zero-order valence-corrected chi connectivity index (χ0v) is 10.7. The Kier molecular flexibility index (Phi) is 4.50. The van der Waals surface area contributed by atoms with E-state index < -0.39 is 17.4 Å². The second-order valence-electron chi connectivity index (χ2n) is 3.18. The van der Waals surface area contributed by atoms with Crippen LogP contribution in [0.25, 0.3) is 0 Å². The topological polar surface area (TPSA) is 9.23 Å². The lowest BCUT2D eigenvalue weighted by Crippen LogP contribution is -2.10. The minimum Gasteiger partial charge on any atom is -0.495 e. The third kappa shape index (κ3) is 3.87. The zero-order chi connectivity index (χ0) is 12.3. The molecule has 0 aliphatic carbocycles. The fraction of sp³-hybridized carbons (Fsp3) is 0.400. The van der Waals surface area contributed by atoms with Crippen molar-refractivity contribution in [1.29, 1.82) is 0 Å². The highest BCUT2D eigenvalue weighted by atomic mass is 79.9. The van der Waals surface area contributed by atoms with Crippen molar-refractivity contribution >= 4 is 27.5 Å². The molecule has 0 saturated heterocycles. The molecule has 0 N–H and O–H groups in total. The molecule has 0 aliphatic heterocycles. The maximum absolute atomic E-state index is 12.2. The number of methoxy groups -OCH3 is 1. The van der Waals surface area contributed by atoms with Gasteiger partial charge in [0.05, 0.1) is 18.6 Å². The first-order valence-corrected chi connectivity index (χ1v) is 5.67. The highest BCUT2D eigenvalue weighted by Gasteiger charge is 2.31. The molecule has 0 radical (unpaired) electrons. The second kappa shape index (κ2) is 5.27. The number of ether oxygens (including phenoxy) is 1. The maximum Gasteiger partial charge on any atom is 0.390 e. The quantitative estimate of drug-likeness (QED) is 0.732. The standard InChI is InChI=1S/C10H9BrClF3O/c1-16-9-3-2-6(4-8(9)12)7(11)5-10(13,14)15/h2-4,7H,5H2,1H3. The van der Waals surface area contributed by atoms with Crippen molar-refractivity contribution in [3.05, 3.63) is 28.8 Å². The average Bonchev–Trinajstić information content (AvgIpc) is 2.15. The molecule has 0 saturated carbocycles. The summed E-state index contributed by atoms with van der Waals surface area (Å²) in [6.07, 6.45) is -5.14. The molecular weight excluding hydrogens is 308 g/mol. The van der Waals surface area contributed by atoms with Crippen LogP contribution in [0, 0.1) is 0 Å². The van der Waals surface area contributed by atoms with Crippen LogP contribution >= 0.6 is 27.5 Å². The van der Waals surface area contributed by atoms with Crippen molar-refractivity contribution in [2.24, 2.45) is 0 Å². The molecule has 1 nitrogen and oxygen atoms in total. The maximum atomic E-state index is 12.2. The molecule has 0 heterocycles. The van der Waals surface area contributed by atoms with Crippen LogP contribution in [0.4, 0.5) is 13.2 Å². The lowest BCUT2D eigenvalue weighted by Gasteiger charge is -2.14. The molecule has 0 aliphatic rings. The average molecular weight is 318 g/mol. The lowest BCUT2D eigenvalue weighted by atomic mass is 10.1. The number of hydrogen-bond donors (Lipinski definition) is 0. The Balaban J connectivity index is 2.85. The molecule has 0 aromatic heterocycles. The molecule has 1 aromatic carbocycles. The fourth-order valence-electron chi connectivity index (χ4n) is 1.20. The van der Waals surface area contributed by atoms with E-state index in [0.717, 1.165) is 0 Å². The molecule has 1 aromatic rings. The van der Waals surface area contributed by atoms with Crippen LogP contribution in [0.5, 0.6) is 5.75 Å². The molecule has 0 amide bonds. The van der Waals surface area contributed by atoms with E-state index in [0.29, 0.717) is 16.3 Å². The van der Waals surface area contributed by atoms with E-state index in [2.05, 4.69) is 15.9 Å². The second-order valence-corrected chi connectivity index (χ2v) is 4.69. The molecular formula is C10H9BrClF3O. The highest BCUT2D eigenvalue weighted by molar-refractivity contribution is 9.09. The van der Waals surface area contributed by atoms with E-state index in [1.54, 1.807) is 12.1 Å². The Morgan fingerprint density at radius 2 is 2.06 bits per heavy atom. The van der Waals surface area contributed by atoms with Crippen molar-refractivity contribution < 1.29 is 17.9 Å². The van der Waals surface area contributed by atoms with Gasteiger partial charge in [0.15, 0.2) is 0 Å². The summed E-state index contributed by atoms with van der Waals surface area (Å²) < 4.78 is 41.4. The summed E-state index contributed by atoms with van der Waals surface area (Å²) in [6.45, 7) is 0. The Hall–Kier alpha value is -0.420. The minimum atomic E-state index is -4.21. The fourth-order valence-corrected chi connectivity index (χ4v) is 2.12. The number of hydrogen-bond acceptors (Lipinski definition) is 1. The van der Waals surface area contributed by atoms with Gasteiger partial charge in [0.2, 0.25) is 0 Å². The first-order chi connectivity index (χ1) is 7.33. The summed E-state index contributed by atoms with van der Waals surface area (Å²) in [5.74, 6) is 0.442. The van der Waals surface area contributed by atoms with Gasteiger partial charge < -0.3 is 4.74 Å². The normalized spacial score (nSPS) is 13.6. The Morgan fingerprint density at radius 1 is 1.44 bits per heavy atom. The number of benzene rings is 1. The van der Waals surface area contributed by atoms with Crippen LogP contribution in [0.2, 0.25) is 5.02 Å². The van der Waals surface area contributed by atoms with E-state index in [-0.39, 0.29) is 0 Å². The van der Waals surface area contributed by atoms with Crippen molar-refractivity contribution in [3.8, 4) is 5.75 Å². The largest absolute Gasteiger partial charge is 0.495 e. The summed E-state index contributed by atoms with van der Waals surface area (Å²) >= 11 is 8.80. The number of rotatable bonds is 3. The van der Waals surface area contributed by atoms with E-state index in [4.69, 9.17) is 16.3 Å². The molecule has 6 heteroatoms. The van der Waals surface area contributed by atoms with E-state index in [9.17, 15) is 13.2 Å². The van der Waals surface area contributed by atoms with Gasteiger partial charge in [0, 0.05) is 4.83 Å². The SMILES string of the molecule is COc1ccc(C(Br)CC(F)(F)F)cc1Cl. The smallest absolute Gasteiger partial charge is 0.390 e. The summed E-state index contributed by atoms with van der Waals surface area (Å²) in [5, 5.41) is 0.298. The van der Waals surface area contributed by atoms with Gasteiger partial charge in [-0.15, -0.1) is 0 Å². The van der Waals surface area contributed by atoms with Gasteiger partial charge in [0.1, 0.15) is 5.75 Å². The molecule has 1 unspecified atom stereocenters. The van der Waals surface area contributed by atoms with Gasteiger partial charge >= 0.3 is 6.18 Å². The Morgan fingerprint density at radius 3 is 2.50 bits per heavy atom. The van der Waals surface area contributed by atoms with E-state index in [1.165, 1.54) is 13.2 Å². The predicted octanol–water partition coefficient (Wildman–Crippen LogP) is 4.74. The molecule has 0 spiro atoms. The van der Waals surface area contributed by atoms with Crippen molar-refractivity contribution in [2.75, 3.05) is 7.11 Å². The van der Waals surface area contributed by atoms with E-state index >= 15 is 0 Å². The van der Waals surface area contributed by atoms with E-state index in [1.807, 2.05) is 0 Å². The van der Waals surface area contributed by atoms with Crippen molar-refractivity contribution in [2.45, 2.75) is 17.4 Å². The van der Waals surface area contributed by atoms with Crippen LogP contribution in [0.3, 0.4) is 0 Å². The van der Waals surface area contributed by atoms with Crippen LogP contribution in [-0.2, 0) is 0 Å². The van der Waals surface area contributed by atoms with Gasteiger partial charge in [0.25, 0.3) is 0 Å². The third-order valence-corrected chi connectivity index (χ3v) is 3.10. The van der Waals surface area contributed by atoms with Gasteiger partial charge in [-0.2, -0.15) is 13.2 Å². The van der Waals surface area contributed by atoms with Gasteiger partial charge in [-0.25, -0.2) is 0 Å². The Labute approximate surface area is 105 Å². The first kappa shape index (κ1) is 13.6. The summed E-state index contributed by atoms with van der Waals surface area (Å²) in [6, 6.07) is 4.56. The minimum absolute atomic E-state index is 0.298. The van der Waals surface area contributed by atoms with Gasteiger partial charge in [-0.05, 0) is 17.7 Å². The highest BCUT2D eigenvalue weighted by Crippen LogP contribution is 2.37. The lowest BCUT2D eigenvalue weighted by molar-refractivity contribution is -0.134. The Bertz CT molecular complexity index is 368. The first-order valence-electron chi connectivity index (χ1n) is 4.38. The zero-order valence-electron chi connectivity index (χ0n) is 8.31. The van der Waals surface area contributed by atoms with Crippen LogP contribution in [0.1, 0.15) is 16.8 Å². The molecule has 16 heavy (non-hydrogen) atoms. The van der Waals surface area contributed by atoms with Crippen LogP contribution < -0.4 is 4.74 Å². The molecule has 0 fully saturated rings.